The zero-order valence-corrected chi connectivity index (χ0v) is 14.4. The number of carbonyl (C=O) groups is 1. The summed E-state index contributed by atoms with van der Waals surface area (Å²) in [6.07, 6.45) is 2.33. The monoisotopic (exact) mass is 355 g/mol. The highest BCUT2D eigenvalue weighted by Gasteiger charge is 2.23. The van der Waals surface area contributed by atoms with Crippen LogP contribution >= 0.6 is 11.6 Å². The van der Waals surface area contributed by atoms with Gasteiger partial charge in [-0.05, 0) is 44.5 Å². The zero-order valence-electron chi connectivity index (χ0n) is 13.7. The average Bonchev–Trinajstić information content (AvgIpc) is 2.56. The van der Waals surface area contributed by atoms with Crippen molar-refractivity contribution in [3.8, 4) is 5.75 Å². The molecule has 1 amide bonds. The fourth-order valence-electron chi connectivity index (χ4n) is 2.91. The number of nitrogens with one attached hydrogen (secondary N) is 1. The lowest BCUT2D eigenvalue weighted by Gasteiger charge is -2.32. The number of amides is 1. The Kier molecular flexibility index (Phi) is 6.81. The molecule has 1 atom stereocenters. The molecule has 1 aliphatic rings. The van der Waals surface area contributed by atoms with Crippen LogP contribution in [0.3, 0.4) is 0 Å². The number of carbonyl (C=O) groups excluding carboxylic acids is 1. The van der Waals surface area contributed by atoms with Crippen LogP contribution in [0.5, 0.6) is 5.75 Å². The van der Waals surface area contributed by atoms with Crippen molar-refractivity contribution in [1.82, 2.24) is 10.2 Å². The number of rotatable bonds is 7. The number of likely N-dealkylation sites (tertiary alicyclic amines) is 1. The van der Waals surface area contributed by atoms with E-state index in [9.17, 15) is 14.9 Å². The smallest absolute Gasteiger partial charge is 0.312 e. The third-order valence-electron chi connectivity index (χ3n) is 4.06. The predicted molar refractivity (Wildman–Crippen MR) is 91.4 cm³/mol. The largest absolute Gasteiger partial charge is 0.486 e. The first-order valence-electron chi connectivity index (χ1n) is 8.00. The first kappa shape index (κ1) is 18.5. The number of nitro benzene ring substituents is 1. The van der Waals surface area contributed by atoms with E-state index in [0.717, 1.165) is 32.5 Å². The first-order chi connectivity index (χ1) is 11.5. The number of hydrogen-bond donors (Lipinski definition) is 1. The number of piperidine rings is 1. The summed E-state index contributed by atoms with van der Waals surface area (Å²) in [5.74, 6) is 0.627. The summed E-state index contributed by atoms with van der Waals surface area (Å²) in [5, 5.41) is 14.4. The molecule has 1 aliphatic heterocycles. The van der Waals surface area contributed by atoms with Crippen molar-refractivity contribution in [3.05, 3.63) is 33.3 Å². The first-order valence-corrected chi connectivity index (χ1v) is 8.38. The lowest BCUT2D eigenvalue weighted by molar-refractivity contribution is -0.385. The maximum atomic E-state index is 12.3. The van der Waals surface area contributed by atoms with E-state index < -0.39 is 4.92 Å². The van der Waals surface area contributed by atoms with Gasteiger partial charge in [0.1, 0.15) is 0 Å². The molecule has 1 heterocycles. The molecule has 1 saturated heterocycles. The molecule has 1 aromatic carbocycles. The Morgan fingerprint density at radius 1 is 1.54 bits per heavy atom. The van der Waals surface area contributed by atoms with Crippen LogP contribution in [0.4, 0.5) is 5.69 Å². The van der Waals surface area contributed by atoms with Crippen LogP contribution in [0.15, 0.2) is 18.2 Å². The van der Waals surface area contributed by atoms with E-state index in [4.69, 9.17) is 16.3 Å². The second kappa shape index (κ2) is 8.84. The lowest BCUT2D eigenvalue weighted by atomic mass is 9.98. The molecule has 0 aromatic heterocycles. The molecule has 0 bridgehead atoms. The van der Waals surface area contributed by atoms with Gasteiger partial charge in [0.05, 0.1) is 18.0 Å². The molecule has 24 heavy (non-hydrogen) atoms. The Balaban J connectivity index is 1.85. The molecule has 1 N–H and O–H groups in total. The van der Waals surface area contributed by atoms with Crippen LogP contribution in [-0.4, -0.2) is 49.0 Å². The van der Waals surface area contributed by atoms with E-state index in [2.05, 4.69) is 5.32 Å². The van der Waals surface area contributed by atoms with Gasteiger partial charge in [-0.2, -0.15) is 0 Å². The molecule has 132 valence electrons. The van der Waals surface area contributed by atoms with E-state index in [1.165, 1.54) is 18.2 Å². The number of benzene rings is 1. The van der Waals surface area contributed by atoms with Crippen LogP contribution in [0.2, 0.25) is 5.02 Å². The Morgan fingerprint density at radius 2 is 2.33 bits per heavy atom. The van der Waals surface area contributed by atoms with Crippen molar-refractivity contribution in [1.29, 1.82) is 0 Å². The fourth-order valence-corrected chi connectivity index (χ4v) is 3.07. The summed E-state index contributed by atoms with van der Waals surface area (Å²) < 4.78 is 5.43. The minimum absolute atomic E-state index is 0.0208. The number of halogens is 1. The van der Waals surface area contributed by atoms with Crippen LogP contribution in [-0.2, 0) is 4.79 Å². The Hall–Kier alpha value is -1.86. The highest BCUT2D eigenvalue weighted by atomic mass is 35.5. The van der Waals surface area contributed by atoms with Gasteiger partial charge in [-0.3, -0.25) is 14.9 Å². The second-order valence-corrected chi connectivity index (χ2v) is 6.31. The molecule has 1 fully saturated rings. The molecule has 8 heteroatoms. The summed E-state index contributed by atoms with van der Waals surface area (Å²) in [4.78, 5) is 24.6. The van der Waals surface area contributed by atoms with Crippen LogP contribution in [0.25, 0.3) is 0 Å². The maximum Gasteiger partial charge on any atom is 0.312 e. The number of hydrogen-bond acceptors (Lipinski definition) is 5. The van der Waals surface area contributed by atoms with E-state index in [0.29, 0.717) is 5.92 Å². The molecule has 7 nitrogen and oxygen atoms in total. The molecular weight excluding hydrogens is 334 g/mol. The summed E-state index contributed by atoms with van der Waals surface area (Å²) in [6, 6.07) is 4.22. The van der Waals surface area contributed by atoms with E-state index >= 15 is 0 Å². The SMILES string of the molecule is CNCC1CCCN(C(=O)CCOc2ccc(Cl)cc2[N+](=O)[O-])C1. The minimum Gasteiger partial charge on any atom is -0.486 e. The topological polar surface area (TPSA) is 84.7 Å². The second-order valence-electron chi connectivity index (χ2n) is 5.87. The van der Waals surface area contributed by atoms with Gasteiger partial charge in [-0.15, -0.1) is 0 Å². The van der Waals surface area contributed by atoms with Crippen molar-refractivity contribution in [2.75, 3.05) is 33.3 Å². The van der Waals surface area contributed by atoms with Crippen molar-refractivity contribution in [2.24, 2.45) is 5.92 Å². The summed E-state index contributed by atoms with van der Waals surface area (Å²) in [5.41, 5.74) is -0.193. The van der Waals surface area contributed by atoms with Gasteiger partial charge in [0.25, 0.3) is 0 Å². The van der Waals surface area contributed by atoms with Gasteiger partial charge in [0.2, 0.25) is 5.91 Å². The molecular formula is C16H22ClN3O4. The molecule has 0 radical (unpaired) electrons. The van der Waals surface area contributed by atoms with Gasteiger partial charge in [0, 0.05) is 24.2 Å². The highest BCUT2D eigenvalue weighted by Crippen LogP contribution is 2.30. The standard InChI is InChI=1S/C16H22ClN3O4/c1-18-10-12-3-2-7-19(11-12)16(21)6-8-24-15-5-4-13(17)9-14(15)20(22)23/h4-5,9,12,18H,2-3,6-8,10-11H2,1H3. The summed E-state index contributed by atoms with van der Waals surface area (Å²) in [7, 11) is 1.91. The Bertz CT molecular complexity index is 595. The van der Waals surface area contributed by atoms with E-state index in [-0.39, 0.29) is 35.4 Å². The molecule has 1 unspecified atom stereocenters. The minimum atomic E-state index is -0.546. The molecule has 0 spiro atoms. The normalized spacial score (nSPS) is 17.6. The van der Waals surface area contributed by atoms with Gasteiger partial charge < -0.3 is 15.0 Å². The van der Waals surface area contributed by atoms with E-state index in [1.807, 2.05) is 11.9 Å². The van der Waals surface area contributed by atoms with Gasteiger partial charge in [-0.25, -0.2) is 0 Å². The number of nitrogens with zero attached hydrogens (tertiary/aromatic N) is 2. The third-order valence-corrected chi connectivity index (χ3v) is 4.29. The molecule has 1 aromatic rings. The molecule has 2 rings (SSSR count). The van der Waals surface area contributed by atoms with Crippen molar-refractivity contribution < 1.29 is 14.5 Å². The fraction of sp³-hybridized carbons (Fsp3) is 0.562. The van der Waals surface area contributed by atoms with Gasteiger partial charge >= 0.3 is 5.69 Å². The van der Waals surface area contributed by atoms with Crippen molar-refractivity contribution >= 4 is 23.2 Å². The third kappa shape index (κ3) is 5.07. The predicted octanol–water partition coefficient (Wildman–Crippen LogP) is 2.48. The van der Waals surface area contributed by atoms with Gasteiger partial charge in [-0.1, -0.05) is 11.6 Å². The van der Waals surface area contributed by atoms with Crippen LogP contribution < -0.4 is 10.1 Å². The Labute approximate surface area is 146 Å². The lowest BCUT2D eigenvalue weighted by Crippen LogP contribution is -2.42. The van der Waals surface area contributed by atoms with Crippen molar-refractivity contribution in [3.63, 3.8) is 0 Å². The summed E-state index contributed by atoms with van der Waals surface area (Å²) >= 11 is 5.76. The summed E-state index contributed by atoms with van der Waals surface area (Å²) in [6.45, 7) is 2.52. The van der Waals surface area contributed by atoms with Gasteiger partial charge in [0.15, 0.2) is 5.75 Å². The number of nitro groups is 1. The molecule has 0 aliphatic carbocycles. The quantitative estimate of drug-likeness (QED) is 0.600. The average molecular weight is 356 g/mol. The highest BCUT2D eigenvalue weighted by molar-refractivity contribution is 6.30. The Morgan fingerprint density at radius 3 is 3.04 bits per heavy atom. The van der Waals surface area contributed by atoms with Crippen LogP contribution in [0, 0.1) is 16.0 Å². The molecule has 0 saturated carbocycles. The van der Waals surface area contributed by atoms with Crippen molar-refractivity contribution in [2.45, 2.75) is 19.3 Å². The zero-order chi connectivity index (χ0) is 17.5. The number of ether oxygens (including phenoxy) is 1. The van der Waals surface area contributed by atoms with E-state index in [1.54, 1.807) is 0 Å². The maximum absolute atomic E-state index is 12.3. The van der Waals surface area contributed by atoms with Crippen LogP contribution in [0.1, 0.15) is 19.3 Å².